The van der Waals surface area contributed by atoms with E-state index in [1.165, 1.54) is 25.4 Å². The van der Waals surface area contributed by atoms with E-state index in [0.717, 1.165) is 19.0 Å². The summed E-state index contributed by atoms with van der Waals surface area (Å²) in [6, 6.07) is 1.30. The fourth-order valence-corrected chi connectivity index (χ4v) is 2.74. The van der Waals surface area contributed by atoms with Gasteiger partial charge in [-0.3, -0.25) is 14.5 Å². The minimum Gasteiger partial charge on any atom is -0.472 e. The molecule has 2 atom stereocenters. The van der Waals surface area contributed by atoms with Crippen LogP contribution in [-0.2, 0) is 4.79 Å². The van der Waals surface area contributed by atoms with Gasteiger partial charge in [-0.25, -0.2) is 0 Å². The predicted octanol–water partition coefficient (Wildman–Crippen LogP) is 1.63. The van der Waals surface area contributed by atoms with Gasteiger partial charge in [-0.15, -0.1) is 0 Å². The first-order valence-electron chi connectivity index (χ1n) is 8.32. The van der Waals surface area contributed by atoms with E-state index in [1.807, 2.05) is 0 Å². The molecule has 1 aromatic rings. The summed E-state index contributed by atoms with van der Waals surface area (Å²) < 4.78 is 4.86. The Labute approximate surface area is 137 Å². The summed E-state index contributed by atoms with van der Waals surface area (Å²) in [4.78, 5) is 26.4. The highest BCUT2D eigenvalue weighted by Gasteiger charge is 2.22. The van der Waals surface area contributed by atoms with Gasteiger partial charge in [0.05, 0.1) is 11.8 Å². The molecule has 1 aliphatic rings. The smallest absolute Gasteiger partial charge is 0.255 e. The average Bonchev–Trinajstić information content (AvgIpc) is 3.07. The van der Waals surface area contributed by atoms with Gasteiger partial charge in [0, 0.05) is 12.6 Å². The Balaban J connectivity index is 1.72. The molecule has 6 heteroatoms. The van der Waals surface area contributed by atoms with Crippen molar-refractivity contribution in [3.05, 3.63) is 24.2 Å². The van der Waals surface area contributed by atoms with Crippen LogP contribution in [0.25, 0.3) is 0 Å². The van der Waals surface area contributed by atoms with Gasteiger partial charge in [0.1, 0.15) is 12.3 Å². The molecule has 0 spiro atoms. The number of nitrogens with one attached hydrogen (secondary N) is 2. The maximum absolute atomic E-state index is 12.1. The molecular weight excluding hydrogens is 294 g/mol. The van der Waals surface area contributed by atoms with Gasteiger partial charge in [0.15, 0.2) is 0 Å². The molecule has 2 rings (SSSR count). The standard InChI is InChI=1S/C17H27N3O3/c1-12-4-7-20(8-5-12)13(2)10-18-16(21)14(3)19-17(22)15-6-9-23-11-15/h6,9,11-14H,4-5,7-8,10H2,1-3H3,(H,18,21)(H,19,22)/t13-,14-/m0/s1. The molecule has 0 bridgehead atoms. The van der Waals surface area contributed by atoms with E-state index in [0.29, 0.717) is 18.2 Å². The second-order valence-corrected chi connectivity index (χ2v) is 6.52. The van der Waals surface area contributed by atoms with Crippen LogP contribution >= 0.6 is 0 Å². The highest BCUT2D eigenvalue weighted by Crippen LogP contribution is 2.17. The number of hydrogen-bond acceptors (Lipinski definition) is 4. The van der Waals surface area contributed by atoms with Crippen LogP contribution in [0, 0.1) is 5.92 Å². The minimum atomic E-state index is -0.578. The number of hydrogen-bond donors (Lipinski definition) is 2. The van der Waals surface area contributed by atoms with E-state index >= 15 is 0 Å². The third-order valence-corrected chi connectivity index (χ3v) is 4.54. The van der Waals surface area contributed by atoms with Gasteiger partial charge in [0.25, 0.3) is 5.91 Å². The van der Waals surface area contributed by atoms with E-state index in [4.69, 9.17) is 4.42 Å². The minimum absolute atomic E-state index is 0.168. The number of nitrogens with zero attached hydrogens (tertiary/aromatic N) is 1. The highest BCUT2D eigenvalue weighted by molar-refractivity contribution is 5.97. The second kappa shape index (κ2) is 8.15. The molecule has 0 aliphatic carbocycles. The van der Waals surface area contributed by atoms with Crippen molar-refractivity contribution in [1.29, 1.82) is 0 Å². The molecule has 0 aromatic carbocycles. The molecule has 1 aliphatic heterocycles. The van der Waals surface area contributed by atoms with Gasteiger partial charge < -0.3 is 15.1 Å². The van der Waals surface area contributed by atoms with E-state index in [-0.39, 0.29) is 11.8 Å². The first-order valence-corrected chi connectivity index (χ1v) is 8.32. The number of furan rings is 1. The van der Waals surface area contributed by atoms with Crippen molar-refractivity contribution in [3.63, 3.8) is 0 Å². The van der Waals surface area contributed by atoms with Crippen LogP contribution in [0.4, 0.5) is 0 Å². The molecule has 2 amide bonds. The normalized spacial score (nSPS) is 19.1. The molecular formula is C17H27N3O3. The van der Waals surface area contributed by atoms with Gasteiger partial charge >= 0.3 is 0 Å². The van der Waals surface area contributed by atoms with Crippen LogP contribution in [-0.4, -0.2) is 48.4 Å². The second-order valence-electron chi connectivity index (χ2n) is 6.52. The molecule has 1 aromatic heterocycles. The van der Waals surface area contributed by atoms with Crippen LogP contribution in [0.2, 0.25) is 0 Å². The lowest BCUT2D eigenvalue weighted by Crippen LogP contribution is -2.50. The third-order valence-electron chi connectivity index (χ3n) is 4.54. The van der Waals surface area contributed by atoms with E-state index in [2.05, 4.69) is 29.4 Å². The van der Waals surface area contributed by atoms with Gasteiger partial charge in [-0.2, -0.15) is 0 Å². The largest absolute Gasteiger partial charge is 0.472 e. The molecule has 128 valence electrons. The monoisotopic (exact) mass is 321 g/mol. The van der Waals surface area contributed by atoms with Gasteiger partial charge in [0.2, 0.25) is 5.91 Å². The fraction of sp³-hybridized carbons (Fsp3) is 0.647. The van der Waals surface area contributed by atoms with Crippen molar-refractivity contribution >= 4 is 11.8 Å². The lowest BCUT2D eigenvalue weighted by atomic mass is 9.98. The lowest BCUT2D eigenvalue weighted by Gasteiger charge is -2.35. The number of carbonyl (C=O) groups is 2. The molecule has 6 nitrogen and oxygen atoms in total. The fourth-order valence-electron chi connectivity index (χ4n) is 2.74. The summed E-state index contributed by atoms with van der Waals surface area (Å²) >= 11 is 0. The molecule has 23 heavy (non-hydrogen) atoms. The topological polar surface area (TPSA) is 74.6 Å². The quantitative estimate of drug-likeness (QED) is 0.835. The number of likely N-dealkylation sites (tertiary alicyclic amines) is 1. The Hall–Kier alpha value is -1.82. The predicted molar refractivity (Wildman–Crippen MR) is 88.1 cm³/mol. The summed E-state index contributed by atoms with van der Waals surface area (Å²) in [5, 5.41) is 5.59. The zero-order chi connectivity index (χ0) is 16.8. The Morgan fingerprint density at radius 2 is 2.04 bits per heavy atom. The van der Waals surface area contributed by atoms with Crippen LogP contribution in [0.5, 0.6) is 0 Å². The zero-order valence-corrected chi connectivity index (χ0v) is 14.2. The summed E-state index contributed by atoms with van der Waals surface area (Å²) in [5.74, 6) is 0.324. The summed E-state index contributed by atoms with van der Waals surface area (Å²) in [5.41, 5.74) is 0.417. The number of carbonyl (C=O) groups excluding carboxylic acids is 2. The number of amides is 2. The lowest BCUT2D eigenvalue weighted by molar-refractivity contribution is -0.122. The molecule has 0 saturated carbocycles. The van der Waals surface area contributed by atoms with Crippen molar-refractivity contribution in [1.82, 2.24) is 15.5 Å². The van der Waals surface area contributed by atoms with E-state index < -0.39 is 6.04 Å². The van der Waals surface area contributed by atoms with Crippen molar-refractivity contribution in [3.8, 4) is 0 Å². The average molecular weight is 321 g/mol. The molecule has 2 N–H and O–H groups in total. The number of rotatable bonds is 6. The van der Waals surface area contributed by atoms with E-state index in [1.54, 1.807) is 13.0 Å². The maximum Gasteiger partial charge on any atom is 0.255 e. The first kappa shape index (κ1) is 17.5. The van der Waals surface area contributed by atoms with Crippen molar-refractivity contribution in [2.75, 3.05) is 19.6 Å². The van der Waals surface area contributed by atoms with Crippen LogP contribution < -0.4 is 10.6 Å². The first-order chi connectivity index (χ1) is 11.0. The van der Waals surface area contributed by atoms with Crippen molar-refractivity contribution in [2.45, 2.75) is 45.7 Å². The Morgan fingerprint density at radius 3 is 2.65 bits per heavy atom. The van der Waals surface area contributed by atoms with Crippen LogP contribution in [0.1, 0.15) is 44.0 Å². The molecule has 0 radical (unpaired) electrons. The van der Waals surface area contributed by atoms with Gasteiger partial charge in [-0.1, -0.05) is 6.92 Å². The Bertz CT molecular complexity index is 507. The van der Waals surface area contributed by atoms with Crippen molar-refractivity contribution < 1.29 is 14.0 Å². The SMILES string of the molecule is CC1CCN([C@@H](C)CNC(=O)[C@H](C)NC(=O)c2ccoc2)CC1. The summed E-state index contributed by atoms with van der Waals surface area (Å²) in [7, 11) is 0. The highest BCUT2D eigenvalue weighted by atomic mass is 16.3. The third kappa shape index (κ3) is 5.10. The van der Waals surface area contributed by atoms with Crippen LogP contribution in [0.15, 0.2) is 23.0 Å². The maximum atomic E-state index is 12.1. The molecule has 0 unspecified atom stereocenters. The molecule has 2 heterocycles. The Morgan fingerprint density at radius 1 is 1.35 bits per heavy atom. The molecule has 1 saturated heterocycles. The zero-order valence-electron chi connectivity index (χ0n) is 14.2. The van der Waals surface area contributed by atoms with Crippen LogP contribution in [0.3, 0.4) is 0 Å². The van der Waals surface area contributed by atoms with Crippen molar-refractivity contribution in [2.24, 2.45) is 5.92 Å². The van der Waals surface area contributed by atoms with E-state index in [9.17, 15) is 9.59 Å². The molecule has 1 fully saturated rings. The van der Waals surface area contributed by atoms with Gasteiger partial charge in [-0.05, 0) is 51.8 Å². The summed E-state index contributed by atoms with van der Waals surface area (Å²) in [6.07, 6.45) is 5.23. The summed E-state index contributed by atoms with van der Waals surface area (Å²) in [6.45, 7) is 8.87. The Kier molecular flexibility index (Phi) is 6.21. The number of piperidine rings is 1.